The van der Waals surface area contributed by atoms with Crippen LogP contribution in [-0.2, 0) is 11.8 Å². The van der Waals surface area contributed by atoms with Crippen LogP contribution < -0.4 is 21.5 Å². The van der Waals surface area contributed by atoms with Gasteiger partial charge in [-0.15, -0.1) is 0 Å². The van der Waals surface area contributed by atoms with E-state index in [4.69, 9.17) is 5.73 Å². The summed E-state index contributed by atoms with van der Waals surface area (Å²) < 4.78 is 28.6. The van der Waals surface area contributed by atoms with Crippen LogP contribution >= 0.6 is 0 Å². The number of rotatable bonds is 4. The maximum absolute atomic E-state index is 13.4. The molecule has 0 atom stereocenters. The number of aryl methyl sites for hydroxylation is 1. The molecule has 8 heteroatoms. The Kier molecular flexibility index (Phi) is 6.34. The van der Waals surface area contributed by atoms with Crippen LogP contribution in [0.5, 0.6) is 0 Å². The summed E-state index contributed by atoms with van der Waals surface area (Å²) in [5, 5.41) is 4.28. The smallest absolute Gasteiger partial charge is 0.248 e. The molecule has 0 unspecified atom stereocenters. The predicted octanol–water partition coefficient (Wildman–Crippen LogP) is 2.55. The van der Waals surface area contributed by atoms with E-state index < -0.39 is 11.8 Å². The van der Waals surface area contributed by atoms with Crippen LogP contribution in [0.4, 0.5) is 14.6 Å². The van der Waals surface area contributed by atoms with E-state index in [2.05, 4.69) is 15.3 Å². The lowest BCUT2D eigenvalue weighted by atomic mass is 9.86. The molecule has 1 aliphatic rings. The van der Waals surface area contributed by atoms with E-state index in [0.29, 0.717) is 11.0 Å². The summed E-state index contributed by atoms with van der Waals surface area (Å²) in [7, 11) is 1.92. The number of amides is 1. The highest BCUT2D eigenvalue weighted by Crippen LogP contribution is 2.36. The van der Waals surface area contributed by atoms with Gasteiger partial charge in [-0.2, -0.15) is 0 Å². The highest BCUT2D eigenvalue weighted by Gasteiger charge is 2.37. The molecule has 3 rings (SSSR count). The number of nitrogens with two attached hydrogens (primary N) is 1. The predicted molar refractivity (Wildman–Crippen MR) is 114 cm³/mol. The number of nitrogens with one attached hydrogen (secondary N) is 1. The molecule has 160 valence electrons. The van der Waals surface area contributed by atoms with Gasteiger partial charge in [-0.1, -0.05) is 5.57 Å². The summed E-state index contributed by atoms with van der Waals surface area (Å²) in [6.45, 7) is 4.01. The number of halogens is 2. The monoisotopic (exact) mass is 415 g/mol. The Labute approximate surface area is 174 Å². The average molecular weight is 415 g/mol. The average Bonchev–Trinajstić information content (AvgIpc) is 3.11. The van der Waals surface area contributed by atoms with Crippen LogP contribution in [-0.4, -0.2) is 26.4 Å². The van der Waals surface area contributed by atoms with Crippen molar-refractivity contribution >= 4 is 29.6 Å². The molecule has 0 radical (unpaired) electrons. The summed E-state index contributed by atoms with van der Waals surface area (Å²) >= 11 is 0. The molecule has 0 saturated heterocycles. The highest BCUT2D eigenvalue weighted by atomic mass is 19.3. The summed E-state index contributed by atoms with van der Waals surface area (Å²) in [5.74, 6) is -3.00. The van der Waals surface area contributed by atoms with Crippen LogP contribution in [0.25, 0.3) is 17.8 Å². The van der Waals surface area contributed by atoms with Gasteiger partial charge in [0.2, 0.25) is 11.8 Å². The fraction of sp³-hybridized carbons (Fsp3) is 0.409. The fourth-order valence-electron chi connectivity index (χ4n) is 3.59. The van der Waals surface area contributed by atoms with Crippen molar-refractivity contribution in [1.29, 1.82) is 0 Å². The number of allylic oxidation sites excluding steroid dienone is 2. The molecule has 0 spiro atoms. The standard InChI is InChI=1S/C22H27F2N5O/c1-14(2)18(19-12-26-13-29(19)3)8-16-9-20(27-11-17(16)10-25)28-21(30)15-4-6-22(23,24)7-5-15/h8-13,15H,4-7,25H2,1-3H3,(H,28,30)/b16-8-,17-10-. The van der Waals surface area contributed by atoms with Gasteiger partial charge in [0.15, 0.2) is 0 Å². The molecular weight excluding hydrogens is 388 g/mol. The lowest BCUT2D eigenvalue weighted by Crippen LogP contribution is -2.33. The minimum atomic E-state index is -2.66. The largest absolute Gasteiger partial charge is 0.404 e. The third-order valence-corrected chi connectivity index (χ3v) is 5.42. The second kappa shape index (κ2) is 8.77. The molecule has 2 aromatic heterocycles. The number of hydrogen-bond donors (Lipinski definition) is 2. The van der Waals surface area contributed by atoms with E-state index in [1.54, 1.807) is 24.8 Å². The summed E-state index contributed by atoms with van der Waals surface area (Å²) in [6, 6.07) is 1.74. The zero-order valence-electron chi connectivity index (χ0n) is 17.5. The van der Waals surface area contributed by atoms with Crippen LogP contribution in [0.3, 0.4) is 0 Å². The Hall–Kier alpha value is -3.03. The van der Waals surface area contributed by atoms with Gasteiger partial charge in [-0.3, -0.25) is 4.79 Å². The normalized spacial score (nSPS) is 17.8. The zero-order valence-corrected chi connectivity index (χ0v) is 17.5. The van der Waals surface area contributed by atoms with Crippen LogP contribution in [0.1, 0.15) is 45.2 Å². The van der Waals surface area contributed by atoms with Gasteiger partial charge in [-0.25, -0.2) is 18.7 Å². The number of carbonyl (C=O) groups excluding carboxylic acids is 1. The van der Waals surface area contributed by atoms with E-state index in [9.17, 15) is 13.6 Å². The van der Waals surface area contributed by atoms with Crippen LogP contribution in [0.2, 0.25) is 0 Å². The molecule has 30 heavy (non-hydrogen) atoms. The third kappa shape index (κ3) is 4.93. The van der Waals surface area contributed by atoms with E-state index >= 15 is 0 Å². The van der Waals surface area contributed by atoms with Gasteiger partial charge in [0, 0.05) is 43.4 Å². The number of pyridine rings is 1. The fourth-order valence-corrected chi connectivity index (χ4v) is 3.59. The van der Waals surface area contributed by atoms with Crippen molar-refractivity contribution in [2.24, 2.45) is 18.7 Å². The Bertz CT molecular complexity index is 1070. The first-order valence-corrected chi connectivity index (χ1v) is 9.93. The summed E-state index contributed by atoms with van der Waals surface area (Å²) in [5.41, 5.74) is 8.79. The van der Waals surface area contributed by atoms with Crippen molar-refractivity contribution in [2.45, 2.75) is 45.5 Å². The molecule has 1 fully saturated rings. The first kappa shape index (κ1) is 21.7. The van der Waals surface area contributed by atoms with Gasteiger partial charge in [-0.05, 0) is 49.6 Å². The zero-order chi connectivity index (χ0) is 21.9. The van der Waals surface area contributed by atoms with Crippen molar-refractivity contribution in [2.75, 3.05) is 5.32 Å². The van der Waals surface area contributed by atoms with Crippen molar-refractivity contribution in [1.82, 2.24) is 14.5 Å². The van der Waals surface area contributed by atoms with Crippen molar-refractivity contribution < 1.29 is 13.6 Å². The van der Waals surface area contributed by atoms with E-state index in [1.165, 1.54) is 6.20 Å². The van der Waals surface area contributed by atoms with Gasteiger partial charge in [0.1, 0.15) is 5.82 Å². The quantitative estimate of drug-likeness (QED) is 0.804. The van der Waals surface area contributed by atoms with Crippen LogP contribution in [0, 0.1) is 5.92 Å². The second-order valence-corrected chi connectivity index (χ2v) is 7.93. The number of anilines is 1. The number of alkyl halides is 2. The van der Waals surface area contributed by atoms with E-state index in [1.807, 2.05) is 31.5 Å². The molecule has 3 N–H and O–H groups in total. The Balaban J connectivity index is 1.91. The minimum Gasteiger partial charge on any atom is -0.404 e. The van der Waals surface area contributed by atoms with E-state index in [-0.39, 0.29) is 31.6 Å². The summed E-state index contributed by atoms with van der Waals surface area (Å²) in [4.78, 5) is 21.0. The van der Waals surface area contributed by atoms with Crippen molar-refractivity contribution in [3.8, 4) is 0 Å². The minimum absolute atomic E-state index is 0.175. The lowest BCUT2D eigenvalue weighted by molar-refractivity contribution is -0.124. The van der Waals surface area contributed by atoms with Crippen molar-refractivity contribution in [3.05, 3.63) is 46.5 Å². The number of hydrogen-bond acceptors (Lipinski definition) is 4. The maximum Gasteiger partial charge on any atom is 0.248 e. The summed E-state index contributed by atoms with van der Waals surface area (Å²) in [6.07, 6.45) is 8.37. The Morgan fingerprint density at radius 1 is 1.27 bits per heavy atom. The lowest BCUT2D eigenvalue weighted by Gasteiger charge is -2.27. The molecule has 0 aromatic carbocycles. The molecule has 6 nitrogen and oxygen atoms in total. The third-order valence-electron chi connectivity index (χ3n) is 5.42. The Morgan fingerprint density at radius 2 is 1.97 bits per heavy atom. The molecule has 1 aliphatic carbocycles. The van der Waals surface area contributed by atoms with Gasteiger partial charge >= 0.3 is 0 Å². The first-order chi connectivity index (χ1) is 14.2. The first-order valence-electron chi connectivity index (χ1n) is 9.93. The second-order valence-electron chi connectivity index (χ2n) is 7.93. The molecule has 2 aromatic rings. The van der Waals surface area contributed by atoms with E-state index in [0.717, 1.165) is 22.1 Å². The number of carbonyl (C=O) groups is 1. The van der Waals surface area contributed by atoms with Crippen molar-refractivity contribution in [3.63, 3.8) is 0 Å². The number of imidazole rings is 1. The van der Waals surface area contributed by atoms with Crippen LogP contribution in [0.15, 0.2) is 30.4 Å². The topological polar surface area (TPSA) is 85.8 Å². The number of aromatic nitrogens is 3. The van der Waals surface area contributed by atoms with Gasteiger partial charge in [0.05, 0.1) is 18.2 Å². The number of nitrogens with zero attached hydrogens (tertiary/aromatic N) is 3. The maximum atomic E-state index is 13.4. The SMILES string of the molecule is CC(C)=C(/C=c1/cc(NC(=O)C2CCC(F)(F)CC2)nc/c1=C/N)c1cncn1C. The molecule has 1 amide bonds. The molecule has 2 heterocycles. The molecule has 0 aliphatic heterocycles. The van der Waals surface area contributed by atoms with Gasteiger partial charge < -0.3 is 15.6 Å². The highest BCUT2D eigenvalue weighted by molar-refractivity contribution is 5.92. The molecule has 1 saturated carbocycles. The van der Waals surface area contributed by atoms with Gasteiger partial charge in [0.25, 0.3) is 0 Å². The molecule has 0 bridgehead atoms. The Morgan fingerprint density at radius 3 is 2.53 bits per heavy atom. The molecular formula is C22H27F2N5O.